The van der Waals surface area contributed by atoms with E-state index in [0.717, 1.165) is 12.8 Å². The molecule has 15 heavy (non-hydrogen) atoms. The van der Waals surface area contributed by atoms with E-state index >= 15 is 0 Å². The zero-order chi connectivity index (χ0) is 10.9. The first-order valence-corrected chi connectivity index (χ1v) is 5.72. The van der Waals surface area contributed by atoms with E-state index in [1.165, 1.54) is 6.33 Å². The lowest BCUT2D eigenvalue weighted by molar-refractivity contribution is 0.135. The largest absolute Gasteiger partial charge is 0.391 e. The molecule has 6 heteroatoms. The Morgan fingerprint density at radius 2 is 2.33 bits per heavy atom. The van der Waals surface area contributed by atoms with E-state index in [-0.39, 0.29) is 0 Å². The summed E-state index contributed by atoms with van der Waals surface area (Å²) in [6.45, 7) is 0.476. The summed E-state index contributed by atoms with van der Waals surface area (Å²) >= 11 is 11.8. The van der Waals surface area contributed by atoms with Crippen LogP contribution in [-0.4, -0.2) is 30.3 Å². The SMILES string of the molecule is OC(CC[C@@H]1CC1(Cl)Cl)Cn1cncn1. The lowest BCUT2D eigenvalue weighted by Crippen LogP contribution is -2.16. The van der Waals surface area contributed by atoms with E-state index in [1.54, 1.807) is 11.0 Å². The van der Waals surface area contributed by atoms with Gasteiger partial charge in [0.05, 0.1) is 12.6 Å². The molecule has 2 rings (SSSR count). The summed E-state index contributed by atoms with van der Waals surface area (Å²) in [7, 11) is 0. The number of hydrogen-bond donors (Lipinski definition) is 1. The van der Waals surface area contributed by atoms with E-state index in [0.29, 0.717) is 18.9 Å². The standard InChI is InChI=1S/C9H13Cl2N3O/c10-9(11)3-7(9)1-2-8(15)4-14-6-12-5-13-14/h5-8,15H,1-4H2/t7-,8?/m1/s1. The fraction of sp³-hybridized carbons (Fsp3) is 0.778. The topological polar surface area (TPSA) is 50.9 Å². The van der Waals surface area contributed by atoms with Crippen molar-refractivity contribution < 1.29 is 5.11 Å². The highest BCUT2D eigenvalue weighted by atomic mass is 35.5. The van der Waals surface area contributed by atoms with Gasteiger partial charge < -0.3 is 5.11 Å². The van der Waals surface area contributed by atoms with Gasteiger partial charge in [-0.1, -0.05) is 0 Å². The second-order valence-electron chi connectivity index (χ2n) is 4.01. The average molecular weight is 250 g/mol. The molecule has 0 aliphatic heterocycles. The van der Waals surface area contributed by atoms with Crippen molar-refractivity contribution in [2.75, 3.05) is 0 Å². The molecule has 0 aromatic carbocycles. The molecular weight excluding hydrogens is 237 g/mol. The van der Waals surface area contributed by atoms with Gasteiger partial charge in [0.2, 0.25) is 0 Å². The second-order valence-corrected chi connectivity index (χ2v) is 5.55. The van der Waals surface area contributed by atoms with Gasteiger partial charge in [-0.25, -0.2) is 4.98 Å². The van der Waals surface area contributed by atoms with Gasteiger partial charge in [0.25, 0.3) is 0 Å². The quantitative estimate of drug-likeness (QED) is 0.808. The summed E-state index contributed by atoms with van der Waals surface area (Å²) in [6, 6.07) is 0. The van der Waals surface area contributed by atoms with Crippen molar-refractivity contribution in [1.29, 1.82) is 0 Å². The van der Waals surface area contributed by atoms with Gasteiger partial charge in [-0.05, 0) is 25.2 Å². The van der Waals surface area contributed by atoms with Crippen molar-refractivity contribution in [1.82, 2.24) is 14.8 Å². The molecule has 1 aliphatic rings. The summed E-state index contributed by atoms with van der Waals surface area (Å²) < 4.78 is 1.08. The highest BCUT2D eigenvalue weighted by Gasteiger charge is 2.50. The van der Waals surface area contributed by atoms with Gasteiger partial charge in [-0.15, -0.1) is 23.2 Å². The number of rotatable bonds is 5. The Balaban J connectivity index is 1.67. The molecule has 0 amide bonds. The number of alkyl halides is 2. The van der Waals surface area contributed by atoms with Crippen LogP contribution in [0, 0.1) is 5.92 Å². The van der Waals surface area contributed by atoms with E-state index in [1.807, 2.05) is 0 Å². The van der Waals surface area contributed by atoms with Crippen molar-refractivity contribution in [2.24, 2.45) is 5.92 Å². The zero-order valence-corrected chi connectivity index (χ0v) is 9.69. The lowest BCUT2D eigenvalue weighted by atomic mass is 10.1. The fourth-order valence-electron chi connectivity index (χ4n) is 1.61. The number of hydrogen-bond acceptors (Lipinski definition) is 3. The number of aliphatic hydroxyl groups is 1. The predicted molar refractivity (Wildman–Crippen MR) is 57.8 cm³/mol. The van der Waals surface area contributed by atoms with Gasteiger partial charge in [0, 0.05) is 0 Å². The van der Waals surface area contributed by atoms with Crippen LogP contribution in [-0.2, 0) is 6.54 Å². The van der Waals surface area contributed by atoms with Crippen LogP contribution in [0.3, 0.4) is 0 Å². The van der Waals surface area contributed by atoms with Crippen molar-refractivity contribution in [3.8, 4) is 0 Å². The van der Waals surface area contributed by atoms with Crippen LogP contribution >= 0.6 is 23.2 Å². The zero-order valence-electron chi connectivity index (χ0n) is 8.18. The normalized spacial score (nSPS) is 25.1. The molecule has 1 heterocycles. The first-order valence-electron chi connectivity index (χ1n) is 4.96. The average Bonchev–Trinajstić information content (AvgIpc) is 2.62. The summed E-state index contributed by atoms with van der Waals surface area (Å²) in [5.74, 6) is 0.339. The van der Waals surface area contributed by atoms with Gasteiger partial charge in [-0.2, -0.15) is 5.10 Å². The molecule has 0 bridgehead atoms. The van der Waals surface area contributed by atoms with Gasteiger partial charge in [0.1, 0.15) is 17.0 Å². The lowest BCUT2D eigenvalue weighted by Gasteiger charge is -2.09. The van der Waals surface area contributed by atoms with E-state index < -0.39 is 10.4 Å². The molecule has 0 saturated heterocycles. The highest BCUT2D eigenvalue weighted by Crippen LogP contribution is 2.55. The summed E-state index contributed by atoms with van der Waals surface area (Å²) in [6.07, 6.45) is 5.04. The van der Waals surface area contributed by atoms with Gasteiger partial charge in [0.15, 0.2) is 0 Å². The predicted octanol–water partition coefficient (Wildman–Crippen LogP) is 1.61. The maximum absolute atomic E-state index is 9.69. The van der Waals surface area contributed by atoms with Crippen molar-refractivity contribution >= 4 is 23.2 Å². The smallest absolute Gasteiger partial charge is 0.137 e. The van der Waals surface area contributed by atoms with Crippen molar-refractivity contribution in [2.45, 2.75) is 36.2 Å². The maximum Gasteiger partial charge on any atom is 0.137 e. The van der Waals surface area contributed by atoms with Gasteiger partial charge in [-0.3, -0.25) is 4.68 Å². The third-order valence-corrected chi connectivity index (χ3v) is 3.59. The minimum Gasteiger partial charge on any atom is -0.391 e. The first kappa shape index (κ1) is 11.2. The van der Waals surface area contributed by atoms with Gasteiger partial charge >= 0.3 is 0 Å². The second kappa shape index (κ2) is 4.28. The van der Waals surface area contributed by atoms with Crippen LogP contribution in [0.15, 0.2) is 12.7 Å². The molecule has 1 saturated carbocycles. The van der Waals surface area contributed by atoms with Crippen LogP contribution in [0.1, 0.15) is 19.3 Å². The molecule has 0 radical (unpaired) electrons. The fourth-order valence-corrected chi connectivity index (χ4v) is 2.20. The molecule has 1 aromatic heterocycles. The summed E-state index contributed by atoms with van der Waals surface area (Å²) in [5.41, 5.74) is 0. The van der Waals surface area contributed by atoms with Crippen LogP contribution in [0.4, 0.5) is 0 Å². The molecular formula is C9H13Cl2N3O. The number of aromatic nitrogens is 3. The number of halogens is 2. The van der Waals surface area contributed by atoms with Crippen LogP contribution in [0.5, 0.6) is 0 Å². The van der Waals surface area contributed by atoms with Crippen LogP contribution in [0.2, 0.25) is 0 Å². The Morgan fingerprint density at radius 1 is 1.60 bits per heavy atom. The molecule has 2 atom stereocenters. The minimum atomic E-state index is -0.535. The Morgan fingerprint density at radius 3 is 2.87 bits per heavy atom. The molecule has 84 valence electrons. The first-order chi connectivity index (χ1) is 7.08. The van der Waals surface area contributed by atoms with Crippen LogP contribution in [0.25, 0.3) is 0 Å². The molecule has 1 unspecified atom stereocenters. The molecule has 4 nitrogen and oxygen atoms in total. The number of aliphatic hydroxyl groups excluding tert-OH is 1. The van der Waals surface area contributed by atoms with Crippen molar-refractivity contribution in [3.63, 3.8) is 0 Å². The molecule has 1 fully saturated rings. The van der Waals surface area contributed by atoms with Crippen molar-refractivity contribution in [3.05, 3.63) is 12.7 Å². The molecule has 1 aliphatic carbocycles. The highest BCUT2D eigenvalue weighted by molar-refractivity contribution is 6.50. The van der Waals surface area contributed by atoms with Crippen LogP contribution < -0.4 is 0 Å². The Bertz CT molecular complexity index is 315. The third kappa shape index (κ3) is 3.06. The Kier molecular flexibility index (Phi) is 3.19. The monoisotopic (exact) mass is 249 g/mol. The Hall–Kier alpha value is -0.320. The minimum absolute atomic E-state index is 0.339. The molecule has 1 N–H and O–H groups in total. The molecule has 1 aromatic rings. The third-order valence-electron chi connectivity index (χ3n) is 2.67. The van der Waals surface area contributed by atoms with E-state index in [4.69, 9.17) is 23.2 Å². The summed E-state index contributed by atoms with van der Waals surface area (Å²) in [5, 5.41) is 13.6. The molecule has 0 spiro atoms. The summed E-state index contributed by atoms with van der Waals surface area (Å²) in [4.78, 5) is 3.80. The Labute approximate surface area is 98.2 Å². The maximum atomic E-state index is 9.69. The number of nitrogens with zero attached hydrogens (tertiary/aromatic N) is 3. The van der Waals surface area contributed by atoms with E-state index in [9.17, 15) is 5.11 Å². The van der Waals surface area contributed by atoms with E-state index in [2.05, 4.69) is 10.1 Å².